The maximum Gasteiger partial charge on any atom is 0.308 e. The maximum absolute atomic E-state index is 11.4. The number of hydrogen-bond donors (Lipinski definition) is 1. The van der Waals surface area contributed by atoms with Crippen LogP contribution in [0.5, 0.6) is 11.5 Å². The van der Waals surface area contributed by atoms with E-state index in [9.17, 15) is 14.7 Å². The minimum atomic E-state index is -0.210. The van der Waals surface area contributed by atoms with Gasteiger partial charge in [-0.2, -0.15) is 0 Å². The molecule has 1 N–H and O–H groups in total. The summed E-state index contributed by atoms with van der Waals surface area (Å²) in [5, 5.41) is 9.50. The molecule has 0 amide bonds. The van der Waals surface area contributed by atoms with E-state index in [1.807, 2.05) is 6.92 Å². The van der Waals surface area contributed by atoms with Crippen LogP contribution in [-0.4, -0.2) is 30.6 Å². The lowest BCUT2D eigenvalue weighted by molar-refractivity contribution is -0.147. The number of esters is 1. The Morgan fingerprint density at radius 1 is 1.45 bits per heavy atom. The van der Waals surface area contributed by atoms with E-state index in [4.69, 9.17) is 9.47 Å². The summed E-state index contributed by atoms with van der Waals surface area (Å²) in [6, 6.07) is 4.66. The van der Waals surface area contributed by atoms with Gasteiger partial charge in [0.1, 0.15) is 11.5 Å². The Morgan fingerprint density at radius 3 is 2.85 bits per heavy atom. The molecule has 110 valence electrons. The molecular weight excluding hydrogens is 260 g/mol. The quantitative estimate of drug-likeness (QED) is 0.450. The van der Waals surface area contributed by atoms with Crippen molar-refractivity contribution < 1.29 is 24.2 Å². The molecule has 0 aliphatic carbocycles. The van der Waals surface area contributed by atoms with Gasteiger partial charge in [0.2, 0.25) is 0 Å². The van der Waals surface area contributed by atoms with E-state index < -0.39 is 0 Å². The van der Waals surface area contributed by atoms with Crippen LogP contribution < -0.4 is 4.74 Å². The number of phenolic OH excluding ortho intramolecular Hbond substituents is 1. The van der Waals surface area contributed by atoms with Gasteiger partial charge in [0, 0.05) is 0 Å². The molecule has 1 rings (SSSR count). The number of aldehydes is 1. The summed E-state index contributed by atoms with van der Waals surface area (Å²) >= 11 is 0. The molecule has 0 bridgehead atoms. The van der Waals surface area contributed by atoms with Crippen LogP contribution in [0.2, 0.25) is 0 Å². The van der Waals surface area contributed by atoms with E-state index in [2.05, 4.69) is 0 Å². The lowest BCUT2D eigenvalue weighted by atomic mass is 10.1. The molecule has 0 fully saturated rings. The Balaban J connectivity index is 2.40. The highest BCUT2D eigenvalue weighted by molar-refractivity contribution is 5.83. The normalized spacial score (nSPS) is 11.7. The van der Waals surface area contributed by atoms with Crippen molar-refractivity contribution in [3.05, 3.63) is 23.8 Å². The van der Waals surface area contributed by atoms with Crippen molar-refractivity contribution in [1.82, 2.24) is 0 Å². The molecule has 1 aromatic rings. The molecule has 1 aromatic carbocycles. The van der Waals surface area contributed by atoms with E-state index >= 15 is 0 Å². The van der Waals surface area contributed by atoms with Crippen LogP contribution in [0.15, 0.2) is 18.2 Å². The van der Waals surface area contributed by atoms with Crippen molar-refractivity contribution >= 4 is 12.3 Å². The standard InChI is InChI=1S/C15H20O5/c1-3-19-15(18)11(2)6-5-9-20-14-8-4-7-13(17)12(14)10-16/h4,7-8,10-11,17H,3,5-6,9H2,1-2H3. The van der Waals surface area contributed by atoms with Gasteiger partial charge in [-0.1, -0.05) is 13.0 Å². The summed E-state index contributed by atoms with van der Waals surface area (Å²) in [4.78, 5) is 22.3. The van der Waals surface area contributed by atoms with Gasteiger partial charge >= 0.3 is 5.97 Å². The number of rotatable bonds is 8. The SMILES string of the molecule is CCOC(=O)C(C)CCCOc1cccc(O)c1C=O. The van der Waals surface area contributed by atoms with Crippen LogP contribution >= 0.6 is 0 Å². The zero-order valence-electron chi connectivity index (χ0n) is 11.8. The number of carbonyl (C=O) groups excluding carboxylic acids is 2. The molecule has 0 radical (unpaired) electrons. The zero-order valence-corrected chi connectivity index (χ0v) is 11.8. The fourth-order valence-electron chi connectivity index (χ4n) is 1.75. The third kappa shape index (κ3) is 4.57. The third-order valence-corrected chi connectivity index (χ3v) is 2.89. The van der Waals surface area contributed by atoms with Crippen molar-refractivity contribution in [2.24, 2.45) is 5.92 Å². The highest BCUT2D eigenvalue weighted by Crippen LogP contribution is 2.25. The minimum Gasteiger partial charge on any atom is -0.507 e. The first kappa shape index (κ1) is 16.0. The smallest absolute Gasteiger partial charge is 0.308 e. The van der Waals surface area contributed by atoms with E-state index in [0.29, 0.717) is 38.1 Å². The average Bonchev–Trinajstić information content (AvgIpc) is 2.43. The van der Waals surface area contributed by atoms with Crippen molar-refractivity contribution in [2.75, 3.05) is 13.2 Å². The summed E-state index contributed by atoms with van der Waals surface area (Å²) in [6.07, 6.45) is 1.87. The number of aromatic hydroxyl groups is 1. The lowest BCUT2D eigenvalue weighted by Gasteiger charge is -2.12. The van der Waals surface area contributed by atoms with Crippen molar-refractivity contribution in [2.45, 2.75) is 26.7 Å². The Bertz CT molecular complexity index is 456. The number of benzene rings is 1. The minimum absolute atomic E-state index is 0.0996. The van der Waals surface area contributed by atoms with Crippen LogP contribution in [0.4, 0.5) is 0 Å². The van der Waals surface area contributed by atoms with E-state index in [1.54, 1.807) is 19.1 Å². The van der Waals surface area contributed by atoms with Crippen LogP contribution in [-0.2, 0) is 9.53 Å². The fourth-order valence-corrected chi connectivity index (χ4v) is 1.75. The number of hydrogen-bond acceptors (Lipinski definition) is 5. The van der Waals surface area contributed by atoms with Crippen molar-refractivity contribution in [3.8, 4) is 11.5 Å². The van der Waals surface area contributed by atoms with Crippen LogP contribution in [0, 0.1) is 5.92 Å². The fraction of sp³-hybridized carbons (Fsp3) is 0.467. The highest BCUT2D eigenvalue weighted by Gasteiger charge is 2.13. The molecule has 0 saturated heterocycles. The second kappa shape index (κ2) is 8.19. The summed E-state index contributed by atoms with van der Waals surface area (Å²) in [5.41, 5.74) is 0.144. The van der Waals surface area contributed by atoms with E-state index in [1.165, 1.54) is 6.07 Å². The van der Waals surface area contributed by atoms with Crippen molar-refractivity contribution in [3.63, 3.8) is 0 Å². The third-order valence-electron chi connectivity index (χ3n) is 2.89. The molecule has 20 heavy (non-hydrogen) atoms. The largest absolute Gasteiger partial charge is 0.507 e. The number of carbonyl (C=O) groups is 2. The van der Waals surface area contributed by atoms with Crippen LogP contribution in [0.25, 0.3) is 0 Å². The Kier molecular flexibility index (Phi) is 6.56. The van der Waals surface area contributed by atoms with Crippen LogP contribution in [0.1, 0.15) is 37.0 Å². The van der Waals surface area contributed by atoms with Crippen LogP contribution in [0.3, 0.4) is 0 Å². The first-order chi connectivity index (χ1) is 9.60. The molecule has 0 aromatic heterocycles. The van der Waals surface area contributed by atoms with E-state index in [-0.39, 0.29) is 23.2 Å². The predicted octanol–water partition coefficient (Wildman–Crippen LogP) is 2.56. The molecule has 0 heterocycles. The lowest BCUT2D eigenvalue weighted by Crippen LogP contribution is -2.15. The summed E-state index contributed by atoms with van der Waals surface area (Å²) < 4.78 is 10.4. The first-order valence-electron chi connectivity index (χ1n) is 6.66. The highest BCUT2D eigenvalue weighted by atomic mass is 16.5. The molecule has 5 nitrogen and oxygen atoms in total. The van der Waals surface area contributed by atoms with Gasteiger partial charge < -0.3 is 14.6 Å². The van der Waals surface area contributed by atoms with E-state index in [0.717, 1.165) is 0 Å². The molecule has 0 aliphatic heterocycles. The molecule has 0 spiro atoms. The van der Waals surface area contributed by atoms with Gasteiger partial charge in [-0.25, -0.2) is 0 Å². The molecular formula is C15H20O5. The first-order valence-corrected chi connectivity index (χ1v) is 6.66. The average molecular weight is 280 g/mol. The van der Waals surface area contributed by atoms with Gasteiger partial charge in [-0.3, -0.25) is 9.59 Å². The van der Waals surface area contributed by atoms with Gasteiger partial charge in [-0.05, 0) is 31.9 Å². The topological polar surface area (TPSA) is 72.8 Å². The monoisotopic (exact) mass is 280 g/mol. The van der Waals surface area contributed by atoms with Gasteiger partial charge in [0.25, 0.3) is 0 Å². The van der Waals surface area contributed by atoms with Gasteiger partial charge in [0.15, 0.2) is 6.29 Å². The molecule has 1 unspecified atom stereocenters. The zero-order chi connectivity index (χ0) is 15.0. The summed E-state index contributed by atoms with van der Waals surface area (Å²) in [6.45, 7) is 4.33. The molecule has 1 atom stereocenters. The Morgan fingerprint density at radius 2 is 2.20 bits per heavy atom. The predicted molar refractivity (Wildman–Crippen MR) is 74.0 cm³/mol. The second-order valence-corrected chi connectivity index (χ2v) is 4.45. The summed E-state index contributed by atoms with van der Waals surface area (Å²) in [7, 11) is 0. The molecule has 5 heteroatoms. The Hall–Kier alpha value is -2.04. The summed E-state index contributed by atoms with van der Waals surface area (Å²) in [5.74, 6) is -0.132. The second-order valence-electron chi connectivity index (χ2n) is 4.45. The van der Waals surface area contributed by atoms with Gasteiger partial charge in [0.05, 0.1) is 24.7 Å². The molecule has 0 saturated carbocycles. The Labute approximate surface area is 118 Å². The maximum atomic E-state index is 11.4. The molecule has 0 aliphatic rings. The number of phenols is 1. The number of ether oxygens (including phenoxy) is 2. The van der Waals surface area contributed by atoms with Crippen molar-refractivity contribution in [1.29, 1.82) is 0 Å². The van der Waals surface area contributed by atoms with Gasteiger partial charge in [-0.15, -0.1) is 0 Å².